The van der Waals surface area contributed by atoms with Crippen molar-refractivity contribution < 1.29 is 14.3 Å². The van der Waals surface area contributed by atoms with E-state index in [1.807, 2.05) is 13.8 Å². The minimum atomic E-state index is -0.176. The molecule has 0 aliphatic rings. The van der Waals surface area contributed by atoms with Crippen molar-refractivity contribution in [2.45, 2.75) is 74.0 Å². The molecular weight excluding hydrogens is 304 g/mol. The van der Waals surface area contributed by atoms with E-state index in [-0.39, 0.29) is 22.8 Å². The molecule has 0 aromatic rings. The molecule has 5 nitrogen and oxygen atoms in total. The molecule has 5 heteroatoms. The Morgan fingerprint density at radius 1 is 1.00 bits per heavy atom. The van der Waals surface area contributed by atoms with Gasteiger partial charge >= 0.3 is 0 Å². The van der Waals surface area contributed by atoms with Crippen LogP contribution in [-0.4, -0.2) is 51.0 Å². The summed E-state index contributed by atoms with van der Waals surface area (Å²) < 4.78 is 11.3. The Bertz CT molecular complexity index is 353. The Kier molecular flexibility index (Phi) is 10.8. The quantitative estimate of drug-likeness (QED) is 0.504. The van der Waals surface area contributed by atoms with Crippen LogP contribution >= 0.6 is 0 Å². The first kappa shape index (κ1) is 23.4. The fraction of sp³-hybridized carbons (Fsp3) is 0.947. The number of rotatable bonds is 13. The first-order valence-corrected chi connectivity index (χ1v) is 9.13. The first-order valence-electron chi connectivity index (χ1n) is 9.13. The third-order valence-corrected chi connectivity index (χ3v) is 3.49. The van der Waals surface area contributed by atoms with Crippen molar-refractivity contribution >= 4 is 5.91 Å². The van der Waals surface area contributed by atoms with Crippen molar-refractivity contribution in [2.75, 3.05) is 32.9 Å². The zero-order valence-electron chi connectivity index (χ0n) is 17.1. The molecule has 0 heterocycles. The van der Waals surface area contributed by atoms with E-state index in [0.717, 1.165) is 6.54 Å². The Morgan fingerprint density at radius 2 is 1.58 bits per heavy atom. The second kappa shape index (κ2) is 11.1. The molecular formula is C19H40N2O3. The Hall–Kier alpha value is -0.650. The number of amides is 1. The van der Waals surface area contributed by atoms with Crippen molar-refractivity contribution in [3.05, 3.63) is 0 Å². The van der Waals surface area contributed by atoms with E-state index in [2.05, 4.69) is 52.2 Å². The van der Waals surface area contributed by atoms with E-state index >= 15 is 0 Å². The summed E-state index contributed by atoms with van der Waals surface area (Å²) >= 11 is 0. The number of hydrogen-bond donors (Lipinski definition) is 2. The zero-order valence-corrected chi connectivity index (χ0v) is 17.1. The first-order chi connectivity index (χ1) is 10.9. The summed E-state index contributed by atoms with van der Waals surface area (Å²) in [5, 5.41) is 6.35. The van der Waals surface area contributed by atoms with E-state index in [9.17, 15) is 4.79 Å². The lowest BCUT2D eigenvalue weighted by Gasteiger charge is -2.29. The molecule has 0 saturated heterocycles. The summed E-state index contributed by atoms with van der Waals surface area (Å²) in [5.74, 6) is 0.0525. The lowest BCUT2D eigenvalue weighted by atomic mass is 9.89. The van der Waals surface area contributed by atoms with Gasteiger partial charge in [-0.3, -0.25) is 4.79 Å². The number of carbonyl (C=O) groups excluding carboxylic acids is 1. The second-order valence-corrected chi connectivity index (χ2v) is 8.80. The number of ether oxygens (including phenoxy) is 2. The highest BCUT2D eigenvalue weighted by Gasteiger charge is 2.25. The molecule has 0 radical (unpaired) electrons. The van der Waals surface area contributed by atoms with E-state index < -0.39 is 0 Å². The van der Waals surface area contributed by atoms with Crippen LogP contribution in [0, 0.1) is 10.8 Å². The lowest BCUT2D eigenvalue weighted by molar-refractivity contribution is -0.124. The van der Waals surface area contributed by atoms with E-state index in [1.165, 1.54) is 0 Å². The highest BCUT2D eigenvalue weighted by atomic mass is 16.5. The number of nitrogens with one attached hydrogen (secondary N) is 2. The molecule has 0 aromatic heterocycles. The standard InChI is InChI=1S/C19H40N2O3/c1-15(2)21-12-19(7,8)14-23-13-18(5,6)11-17(22)20-9-10-24-16(3)4/h15-16,21H,9-14H2,1-8H3,(H,20,22). The molecule has 0 spiro atoms. The minimum absolute atomic E-state index is 0.0525. The smallest absolute Gasteiger partial charge is 0.220 e. The van der Waals surface area contributed by atoms with Crippen LogP contribution in [0.15, 0.2) is 0 Å². The molecule has 0 aliphatic carbocycles. The monoisotopic (exact) mass is 344 g/mol. The molecule has 0 saturated carbocycles. The van der Waals surface area contributed by atoms with Gasteiger partial charge in [-0.2, -0.15) is 0 Å². The average molecular weight is 345 g/mol. The van der Waals surface area contributed by atoms with Crippen molar-refractivity contribution in [1.29, 1.82) is 0 Å². The molecule has 24 heavy (non-hydrogen) atoms. The summed E-state index contributed by atoms with van der Waals surface area (Å²) in [6.07, 6.45) is 0.652. The minimum Gasteiger partial charge on any atom is -0.380 e. The van der Waals surface area contributed by atoms with Gasteiger partial charge in [0.2, 0.25) is 5.91 Å². The van der Waals surface area contributed by atoms with Crippen molar-refractivity contribution in [1.82, 2.24) is 10.6 Å². The fourth-order valence-electron chi connectivity index (χ4n) is 2.17. The number of carbonyl (C=O) groups is 1. The molecule has 0 fully saturated rings. The maximum atomic E-state index is 12.0. The van der Waals surface area contributed by atoms with Gasteiger partial charge in [0.15, 0.2) is 0 Å². The second-order valence-electron chi connectivity index (χ2n) is 8.80. The summed E-state index contributed by atoms with van der Waals surface area (Å²) in [7, 11) is 0. The highest BCUT2D eigenvalue weighted by molar-refractivity contribution is 5.76. The lowest BCUT2D eigenvalue weighted by Crippen LogP contribution is -2.38. The van der Waals surface area contributed by atoms with Crippen molar-refractivity contribution in [2.24, 2.45) is 10.8 Å². The van der Waals surface area contributed by atoms with Gasteiger partial charge in [-0.05, 0) is 19.3 Å². The van der Waals surface area contributed by atoms with Gasteiger partial charge in [0.05, 0.1) is 25.9 Å². The summed E-state index contributed by atoms with van der Waals surface area (Å²) in [6.45, 7) is 20.1. The normalized spacial score (nSPS) is 12.9. The molecule has 0 rings (SSSR count). The van der Waals surface area contributed by atoms with Gasteiger partial charge < -0.3 is 20.1 Å². The van der Waals surface area contributed by atoms with Gasteiger partial charge in [0.25, 0.3) is 0 Å². The van der Waals surface area contributed by atoms with Crippen LogP contribution < -0.4 is 10.6 Å². The third-order valence-electron chi connectivity index (χ3n) is 3.49. The molecule has 144 valence electrons. The van der Waals surface area contributed by atoms with Gasteiger partial charge in [-0.15, -0.1) is 0 Å². The molecule has 2 N–H and O–H groups in total. The summed E-state index contributed by atoms with van der Waals surface area (Å²) in [5.41, 5.74) is -0.0959. The largest absolute Gasteiger partial charge is 0.380 e. The van der Waals surface area contributed by atoms with Crippen LogP contribution in [0.5, 0.6) is 0 Å². The third kappa shape index (κ3) is 13.8. The molecule has 0 aliphatic heterocycles. The van der Waals surface area contributed by atoms with E-state index in [0.29, 0.717) is 38.8 Å². The Balaban J connectivity index is 4.01. The molecule has 0 bridgehead atoms. The molecule has 0 aromatic carbocycles. The summed E-state index contributed by atoms with van der Waals surface area (Å²) in [6, 6.07) is 0.476. The van der Waals surface area contributed by atoms with Crippen LogP contribution in [0.3, 0.4) is 0 Å². The number of hydrogen-bond acceptors (Lipinski definition) is 4. The highest BCUT2D eigenvalue weighted by Crippen LogP contribution is 2.22. The fourth-order valence-corrected chi connectivity index (χ4v) is 2.17. The SMILES string of the molecule is CC(C)NCC(C)(C)COCC(C)(C)CC(=O)NCCOC(C)C. The van der Waals surface area contributed by atoms with Crippen LogP contribution in [-0.2, 0) is 14.3 Å². The Morgan fingerprint density at radius 3 is 2.12 bits per heavy atom. The van der Waals surface area contributed by atoms with Crippen LogP contribution in [0.2, 0.25) is 0 Å². The Labute approximate surface area is 149 Å². The van der Waals surface area contributed by atoms with E-state index in [4.69, 9.17) is 9.47 Å². The van der Waals surface area contributed by atoms with Gasteiger partial charge in [0, 0.05) is 31.0 Å². The van der Waals surface area contributed by atoms with Crippen LogP contribution in [0.1, 0.15) is 61.8 Å². The van der Waals surface area contributed by atoms with Gasteiger partial charge in [-0.25, -0.2) is 0 Å². The molecule has 1 amide bonds. The predicted octanol–water partition coefficient (Wildman–Crippen LogP) is 2.98. The van der Waals surface area contributed by atoms with Gasteiger partial charge in [0.1, 0.15) is 0 Å². The van der Waals surface area contributed by atoms with Crippen molar-refractivity contribution in [3.8, 4) is 0 Å². The topological polar surface area (TPSA) is 59.6 Å². The maximum Gasteiger partial charge on any atom is 0.220 e. The average Bonchev–Trinajstić information content (AvgIpc) is 2.40. The molecule has 0 atom stereocenters. The van der Waals surface area contributed by atoms with Crippen molar-refractivity contribution in [3.63, 3.8) is 0 Å². The maximum absolute atomic E-state index is 12.0. The summed E-state index contributed by atoms with van der Waals surface area (Å²) in [4.78, 5) is 12.0. The zero-order chi connectivity index (χ0) is 18.8. The van der Waals surface area contributed by atoms with Gasteiger partial charge in [-0.1, -0.05) is 41.5 Å². The van der Waals surface area contributed by atoms with Crippen LogP contribution in [0.4, 0.5) is 0 Å². The molecule has 0 unspecified atom stereocenters. The predicted molar refractivity (Wildman–Crippen MR) is 100 cm³/mol. The van der Waals surface area contributed by atoms with E-state index in [1.54, 1.807) is 0 Å². The van der Waals surface area contributed by atoms with Crippen LogP contribution in [0.25, 0.3) is 0 Å².